The molecule has 4 unspecified atom stereocenters. The molecule has 2 aliphatic carbocycles. The van der Waals surface area contributed by atoms with E-state index in [-0.39, 0.29) is 18.8 Å². The quantitative estimate of drug-likeness (QED) is 0.302. The largest absolute Gasteiger partial charge is 0.495 e. The number of allylic oxidation sites excluding steroid dienone is 3. The fraction of sp³-hybridized carbons (Fsp3) is 0.704. The van der Waals surface area contributed by atoms with Gasteiger partial charge in [0.2, 0.25) is 0 Å². The van der Waals surface area contributed by atoms with Gasteiger partial charge in [-0.1, -0.05) is 24.6 Å². The lowest BCUT2D eigenvalue weighted by Crippen LogP contribution is -2.66. The van der Waals surface area contributed by atoms with Gasteiger partial charge in [0.25, 0.3) is 0 Å². The van der Waals surface area contributed by atoms with Gasteiger partial charge in [0.15, 0.2) is 6.10 Å². The topological polar surface area (TPSA) is 116 Å². The van der Waals surface area contributed by atoms with Crippen LogP contribution in [-0.2, 0) is 38.0 Å². The molecule has 0 aromatic heterocycles. The molecule has 0 amide bonds. The normalized spacial score (nSPS) is 53.5. The van der Waals surface area contributed by atoms with Crippen LogP contribution in [0, 0.1) is 10.8 Å². The summed E-state index contributed by atoms with van der Waals surface area (Å²) in [6.45, 7) is 5.14. The van der Waals surface area contributed by atoms with Crippen LogP contribution in [0.15, 0.2) is 35.6 Å². The first-order chi connectivity index (χ1) is 17.3. The zero-order valence-electron chi connectivity index (χ0n) is 20.6. The molecule has 3 spiro atoms. The highest BCUT2D eigenvalue weighted by Crippen LogP contribution is 2.72. The lowest BCUT2D eigenvalue weighted by atomic mass is 9.51. The molecule has 1 N–H and O–H groups in total. The molecule has 0 aromatic rings. The van der Waals surface area contributed by atoms with Crippen molar-refractivity contribution in [2.75, 3.05) is 19.8 Å². The maximum atomic E-state index is 13.3. The molecule has 0 aromatic carbocycles. The Labute approximate surface area is 209 Å². The second-order valence-electron chi connectivity index (χ2n) is 11.6. The van der Waals surface area contributed by atoms with Crippen LogP contribution in [0.25, 0.3) is 0 Å². The predicted octanol–water partition coefficient (Wildman–Crippen LogP) is 1.88. The molecule has 5 heterocycles. The Kier molecular flexibility index (Phi) is 4.74. The number of rotatable bonds is 0. The number of esters is 2. The number of ether oxygens (including phenoxy) is 6. The molecule has 9 nitrogen and oxygen atoms in total. The molecule has 1 saturated carbocycles. The van der Waals surface area contributed by atoms with Crippen molar-refractivity contribution in [1.82, 2.24) is 0 Å². The van der Waals surface area contributed by atoms with E-state index in [2.05, 4.69) is 19.9 Å². The van der Waals surface area contributed by atoms with Crippen molar-refractivity contribution < 1.29 is 43.1 Å². The van der Waals surface area contributed by atoms with Crippen LogP contribution < -0.4 is 0 Å². The highest BCUT2D eigenvalue weighted by molar-refractivity contribution is 5.82. The summed E-state index contributed by atoms with van der Waals surface area (Å²) < 4.78 is 36.3. The number of fused-ring (bicyclic) bond motifs is 1. The van der Waals surface area contributed by atoms with Crippen LogP contribution in [0.2, 0.25) is 0 Å². The number of carbonyl (C=O) groups excluding carboxylic acids is 2. The van der Waals surface area contributed by atoms with Gasteiger partial charge in [-0.3, -0.25) is 0 Å². The van der Waals surface area contributed by atoms with Crippen LogP contribution in [-0.4, -0.2) is 78.6 Å². The molecule has 36 heavy (non-hydrogen) atoms. The minimum absolute atomic E-state index is 0.0870. The standard InChI is InChI=1S/C27H32O9/c1-15-7-8-25-13-32-23(30)22-26(36-22)9-10-31-16(21(26)29)5-3-4-6-20(28)35-17-12-19(34-18(25)11-15)27(14-33-27)24(17,25)2/h4-6,11,17-19,21-22,29H,3,7-10,12-14H2,1-2H3/b6-4-,16-5+/t17-,18?,19?,21?,22-,24-,25-,26-,27?/m1/s1. The van der Waals surface area contributed by atoms with Crippen molar-refractivity contribution in [1.29, 1.82) is 0 Å². The Morgan fingerprint density at radius 1 is 1.11 bits per heavy atom. The zero-order chi connectivity index (χ0) is 24.9. The van der Waals surface area contributed by atoms with Gasteiger partial charge < -0.3 is 33.5 Å². The zero-order valence-corrected chi connectivity index (χ0v) is 20.6. The van der Waals surface area contributed by atoms with Crippen molar-refractivity contribution in [2.45, 2.75) is 87.7 Å². The summed E-state index contributed by atoms with van der Waals surface area (Å²) in [5, 5.41) is 10.9. The van der Waals surface area contributed by atoms with Crippen molar-refractivity contribution in [2.24, 2.45) is 10.8 Å². The first-order valence-electron chi connectivity index (χ1n) is 13.0. The van der Waals surface area contributed by atoms with Crippen LogP contribution in [0.5, 0.6) is 0 Å². The maximum absolute atomic E-state index is 13.3. The number of carbonyl (C=O) groups is 2. The maximum Gasteiger partial charge on any atom is 0.338 e. The number of aliphatic hydroxyl groups excluding tert-OH is 1. The molecule has 5 fully saturated rings. The SMILES string of the molecule is CC1=CC2OC3C[C@H]4OC(=O)/C=C\C/C=C5/OCC[C@@]6(O[C@@H]6C(=O)OC[C@@]2(CC1)[C@]4(C)C31CO1)C5O. The van der Waals surface area contributed by atoms with Crippen LogP contribution in [0.4, 0.5) is 0 Å². The number of epoxide rings is 2. The van der Waals surface area contributed by atoms with E-state index in [1.54, 1.807) is 12.2 Å². The minimum atomic E-state index is -1.08. The van der Waals surface area contributed by atoms with Crippen molar-refractivity contribution in [3.63, 3.8) is 0 Å². The highest BCUT2D eigenvalue weighted by atomic mass is 16.7. The summed E-state index contributed by atoms with van der Waals surface area (Å²) in [7, 11) is 0. The molecule has 4 saturated heterocycles. The van der Waals surface area contributed by atoms with E-state index >= 15 is 0 Å². The third-order valence-electron chi connectivity index (χ3n) is 10.1. The monoisotopic (exact) mass is 500 g/mol. The summed E-state index contributed by atoms with van der Waals surface area (Å²) in [5.74, 6) is -0.588. The summed E-state index contributed by atoms with van der Waals surface area (Å²) in [6, 6.07) is 0. The summed E-state index contributed by atoms with van der Waals surface area (Å²) in [4.78, 5) is 26.2. The number of hydrogen-bond donors (Lipinski definition) is 1. The van der Waals surface area contributed by atoms with E-state index in [0.29, 0.717) is 44.7 Å². The van der Waals surface area contributed by atoms with Crippen LogP contribution in [0.3, 0.4) is 0 Å². The number of aliphatic hydroxyl groups is 1. The average Bonchev–Trinajstić information content (AvgIpc) is 3.76. The molecular formula is C27H32O9. The van der Waals surface area contributed by atoms with E-state index in [4.69, 9.17) is 28.4 Å². The molecule has 5 aliphatic heterocycles. The first-order valence-corrected chi connectivity index (χ1v) is 13.0. The molecule has 0 radical (unpaired) electrons. The Morgan fingerprint density at radius 3 is 2.75 bits per heavy atom. The highest BCUT2D eigenvalue weighted by Gasteiger charge is 2.83. The van der Waals surface area contributed by atoms with Gasteiger partial charge in [0, 0.05) is 24.3 Å². The van der Waals surface area contributed by atoms with Gasteiger partial charge >= 0.3 is 11.9 Å². The second kappa shape index (κ2) is 7.43. The van der Waals surface area contributed by atoms with E-state index in [0.717, 1.165) is 6.42 Å². The minimum Gasteiger partial charge on any atom is -0.495 e. The molecule has 9 heteroatoms. The Bertz CT molecular complexity index is 1100. The average molecular weight is 501 g/mol. The van der Waals surface area contributed by atoms with Crippen molar-refractivity contribution >= 4 is 11.9 Å². The fourth-order valence-corrected chi connectivity index (χ4v) is 7.72. The van der Waals surface area contributed by atoms with Gasteiger partial charge in [-0.15, -0.1) is 0 Å². The summed E-state index contributed by atoms with van der Waals surface area (Å²) in [6.07, 6.45) is 6.90. The lowest BCUT2D eigenvalue weighted by Gasteiger charge is -2.58. The van der Waals surface area contributed by atoms with Crippen molar-refractivity contribution in [3.8, 4) is 0 Å². The van der Waals surface area contributed by atoms with E-state index in [9.17, 15) is 14.7 Å². The van der Waals surface area contributed by atoms with Gasteiger partial charge in [-0.25, -0.2) is 9.59 Å². The Morgan fingerprint density at radius 2 is 1.94 bits per heavy atom. The van der Waals surface area contributed by atoms with Crippen LogP contribution >= 0.6 is 0 Å². The summed E-state index contributed by atoms with van der Waals surface area (Å²) in [5.41, 5.74) is -1.63. The number of hydrogen-bond acceptors (Lipinski definition) is 9. The molecule has 194 valence electrons. The number of cyclic esters (lactones) is 1. The van der Waals surface area contributed by atoms with E-state index in [1.807, 2.05) is 0 Å². The first kappa shape index (κ1) is 23.0. The molecular weight excluding hydrogens is 468 g/mol. The Balaban J connectivity index is 1.30. The molecule has 7 aliphatic rings. The lowest BCUT2D eigenvalue weighted by molar-refractivity contribution is -0.233. The van der Waals surface area contributed by atoms with Gasteiger partial charge in [0.05, 0.1) is 30.8 Å². The van der Waals surface area contributed by atoms with Crippen molar-refractivity contribution in [3.05, 3.63) is 35.6 Å². The van der Waals surface area contributed by atoms with Crippen LogP contribution in [0.1, 0.15) is 46.0 Å². The smallest absolute Gasteiger partial charge is 0.338 e. The predicted molar refractivity (Wildman–Crippen MR) is 122 cm³/mol. The van der Waals surface area contributed by atoms with E-state index in [1.165, 1.54) is 11.6 Å². The third kappa shape index (κ3) is 2.80. The van der Waals surface area contributed by atoms with Gasteiger partial charge in [0.1, 0.15) is 35.8 Å². The molecule has 7 rings (SSSR count). The summed E-state index contributed by atoms with van der Waals surface area (Å²) >= 11 is 0. The second-order valence-corrected chi connectivity index (χ2v) is 11.6. The van der Waals surface area contributed by atoms with Gasteiger partial charge in [-0.2, -0.15) is 0 Å². The van der Waals surface area contributed by atoms with Gasteiger partial charge in [-0.05, 0) is 32.3 Å². The fourth-order valence-electron chi connectivity index (χ4n) is 7.72. The molecule has 4 bridgehead atoms. The molecule has 9 atom stereocenters. The third-order valence-corrected chi connectivity index (χ3v) is 10.1. The Hall–Kier alpha value is -2.20. The van der Waals surface area contributed by atoms with E-state index < -0.39 is 52.3 Å².